The number of amides is 1. The van der Waals surface area contributed by atoms with Gasteiger partial charge in [0.2, 0.25) is 10.0 Å². The lowest BCUT2D eigenvalue weighted by Crippen LogP contribution is -2.48. The zero-order valence-corrected chi connectivity index (χ0v) is 19.8. The summed E-state index contributed by atoms with van der Waals surface area (Å²) in [4.78, 5) is 24.8. The molecule has 0 radical (unpaired) electrons. The predicted octanol–water partition coefficient (Wildman–Crippen LogP) is 1.59. The number of nitrogens with one attached hydrogen (secondary N) is 2. The van der Waals surface area contributed by atoms with Gasteiger partial charge in [-0.05, 0) is 56.2 Å². The summed E-state index contributed by atoms with van der Waals surface area (Å²) in [6.07, 6.45) is 4.79. The summed E-state index contributed by atoms with van der Waals surface area (Å²) >= 11 is 2.34. The van der Waals surface area contributed by atoms with Crippen LogP contribution in [0.15, 0.2) is 23.1 Å². The highest BCUT2D eigenvalue weighted by Crippen LogP contribution is 2.28. The molecule has 0 bridgehead atoms. The maximum atomic E-state index is 13.0. The molecule has 3 rings (SSSR count). The van der Waals surface area contributed by atoms with Gasteiger partial charge in [0.25, 0.3) is 5.91 Å². The van der Waals surface area contributed by atoms with Crippen molar-refractivity contribution in [2.75, 3.05) is 18.6 Å². The Kier molecular flexibility index (Phi) is 8.05. The quantitative estimate of drug-likeness (QED) is 0.466. The van der Waals surface area contributed by atoms with Gasteiger partial charge < -0.3 is 10.1 Å². The van der Waals surface area contributed by atoms with Crippen LogP contribution in [-0.4, -0.2) is 59.2 Å². The van der Waals surface area contributed by atoms with Gasteiger partial charge in [0, 0.05) is 0 Å². The molecular weight excluding hydrogens is 474 g/mol. The molecule has 0 saturated heterocycles. The first-order valence-electron chi connectivity index (χ1n) is 9.92. The van der Waals surface area contributed by atoms with E-state index in [0.29, 0.717) is 24.1 Å². The monoisotopic (exact) mass is 497 g/mol. The van der Waals surface area contributed by atoms with Crippen molar-refractivity contribution in [3.05, 3.63) is 18.2 Å². The minimum Gasteiger partial charge on any atom is -0.454 e. The number of rotatable bonds is 10. The van der Waals surface area contributed by atoms with Crippen molar-refractivity contribution in [1.82, 2.24) is 18.8 Å². The molecule has 2 N–H and O–H groups in total. The highest BCUT2D eigenvalue weighted by atomic mass is 32.2. The lowest BCUT2D eigenvalue weighted by atomic mass is 10.00. The van der Waals surface area contributed by atoms with E-state index >= 15 is 0 Å². The number of aromatic nitrogens is 2. The minimum absolute atomic E-state index is 0.0827. The second-order valence-electron chi connectivity index (χ2n) is 7.40. The van der Waals surface area contributed by atoms with Gasteiger partial charge in [-0.25, -0.2) is 8.42 Å². The van der Waals surface area contributed by atoms with E-state index in [-0.39, 0.29) is 16.8 Å². The number of carbonyl (C=O) groups is 2. The molecule has 1 aliphatic carbocycles. The summed E-state index contributed by atoms with van der Waals surface area (Å²) in [5.74, 6) is -0.959. The molecule has 0 spiro atoms. The van der Waals surface area contributed by atoms with Crippen LogP contribution in [0.4, 0.5) is 0 Å². The number of esters is 1. The highest BCUT2D eigenvalue weighted by molar-refractivity contribution is 7.98. The topological polar surface area (TPSA) is 151 Å². The number of carbonyl (C=O) groups excluding carboxylic acids is 2. The van der Waals surface area contributed by atoms with E-state index in [1.165, 1.54) is 17.8 Å². The van der Waals surface area contributed by atoms with Crippen LogP contribution < -0.4 is 10.0 Å². The van der Waals surface area contributed by atoms with Crippen molar-refractivity contribution >= 4 is 56.4 Å². The lowest BCUT2D eigenvalue weighted by Gasteiger charge is -2.22. The van der Waals surface area contributed by atoms with E-state index < -0.39 is 40.1 Å². The zero-order chi connectivity index (χ0) is 23.2. The van der Waals surface area contributed by atoms with Gasteiger partial charge in [-0.15, -0.1) is 0 Å². The van der Waals surface area contributed by atoms with Gasteiger partial charge in [0.05, 0.1) is 17.8 Å². The normalized spacial score (nSPS) is 16.4. The number of nitriles is 1. The summed E-state index contributed by atoms with van der Waals surface area (Å²) < 4.78 is 41.5. The maximum Gasteiger partial charge on any atom is 0.324 e. The lowest BCUT2D eigenvalue weighted by molar-refractivity contribution is -0.150. The fraction of sp³-hybridized carbons (Fsp3) is 0.526. The number of fused-ring (bicyclic) bond motifs is 1. The Morgan fingerprint density at radius 2 is 2.09 bits per heavy atom. The number of hydrogen-bond donors (Lipinski definition) is 2. The van der Waals surface area contributed by atoms with Crippen molar-refractivity contribution in [1.29, 1.82) is 5.26 Å². The van der Waals surface area contributed by atoms with Crippen LogP contribution in [0.2, 0.25) is 0 Å². The molecule has 1 heterocycles. The number of hydrogen-bond acceptors (Lipinski definition) is 10. The second kappa shape index (κ2) is 10.6. The van der Waals surface area contributed by atoms with Gasteiger partial charge in [0.1, 0.15) is 27.5 Å². The molecule has 172 valence electrons. The fourth-order valence-corrected chi connectivity index (χ4v) is 5.95. The molecule has 1 atom stereocenters. The van der Waals surface area contributed by atoms with E-state index in [4.69, 9.17) is 4.74 Å². The summed E-state index contributed by atoms with van der Waals surface area (Å²) in [6, 6.07) is 5.53. The SMILES string of the molecule is CSCCC(NS(=O)(=O)c1cccc2nsnc12)C(=O)OCC(=O)NC1(C#N)CCCC1. The predicted molar refractivity (Wildman–Crippen MR) is 120 cm³/mol. The van der Waals surface area contributed by atoms with Crippen LogP contribution in [0.3, 0.4) is 0 Å². The summed E-state index contributed by atoms with van der Waals surface area (Å²) in [6.45, 7) is -0.592. The molecule has 13 heteroatoms. The van der Waals surface area contributed by atoms with E-state index in [1.807, 2.05) is 6.26 Å². The molecule has 32 heavy (non-hydrogen) atoms. The maximum absolute atomic E-state index is 13.0. The highest BCUT2D eigenvalue weighted by Gasteiger charge is 2.36. The van der Waals surface area contributed by atoms with Crippen LogP contribution in [-0.2, 0) is 24.3 Å². The number of sulfonamides is 1. The summed E-state index contributed by atoms with van der Waals surface area (Å²) in [7, 11) is -4.10. The van der Waals surface area contributed by atoms with E-state index in [1.54, 1.807) is 12.1 Å². The molecule has 10 nitrogen and oxygen atoms in total. The first-order chi connectivity index (χ1) is 15.3. The molecule has 1 aliphatic rings. The smallest absolute Gasteiger partial charge is 0.324 e. The summed E-state index contributed by atoms with van der Waals surface area (Å²) in [5.41, 5.74) is -0.264. The Morgan fingerprint density at radius 1 is 1.34 bits per heavy atom. The third kappa shape index (κ3) is 5.74. The van der Waals surface area contributed by atoms with Crippen molar-refractivity contribution in [3.63, 3.8) is 0 Å². The van der Waals surface area contributed by atoms with Crippen molar-refractivity contribution in [2.45, 2.75) is 48.6 Å². The Balaban J connectivity index is 1.67. The second-order valence-corrected chi connectivity index (χ2v) is 10.6. The van der Waals surface area contributed by atoms with Gasteiger partial charge in [0.15, 0.2) is 6.61 Å². The molecule has 1 unspecified atom stereocenters. The molecule has 1 aromatic heterocycles. The van der Waals surface area contributed by atoms with Crippen LogP contribution in [0.1, 0.15) is 32.1 Å². The molecule has 0 aliphatic heterocycles. The number of nitrogens with zero attached hydrogens (tertiary/aromatic N) is 3. The molecule has 1 saturated carbocycles. The average Bonchev–Trinajstić information content (AvgIpc) is 3.44. The van der Waals surface area contributed by atoms with E-state index in [9.17, 15) is 23.3 Å². The first-order valence-corrected chi connectivity index (χ1v) is 13.5. The number of ether oxygens (including phenoxy) is 1. The molecule has 1 fully saturated rings. The van der Waals surface area contributed by atoms with Gasteiger partial charge >= 0.3 is 5.97 Å². The number of benzene rings is 1. The Bertz CT molecular complexity index is 1120. The molecule has 2 aromatic rings. The standard InChI is InChI=1S/C19H23N5O5S3/c1-30-10-7-14(18(26)29-11-16(25)21-19(12-20)8-2-3-9-19)24-32(27,28)15-6-4-5-13-17(15)23-31-22-13/h4-6,14,24H,2-3,7-11H2,1H3,(H,21,25). The third-order valence-corrected chi connectivity index (χ3v) is 7.82. The molecule has 1 aromatic carbocycles. The van der Waals surface area contributed by atoms with Gasteiger partial charge in [-0.3, -0.25) is 9.59 Å². The van der Waals surface area contributed by atoms with Crippen LogP contribution in [0.5, 0.6) is 0 Å². The third-order valence-electron chi connectivity index (χ3n) is 5.13. The van der Waals surface area contributed by atoms with Crippen molar-refractivity contribution in [3.8, 4) is 6.07 Å². The average molecular weight is 498 g/mol. The van der Waals surface area contributed by atoms with E-state index in [0.717, 1.165) is 24.6 Å². The van der Waals surface area contributed by atoms with Gasteiger partial charge in [-0.1, -0.05) is 6.07 Å². The van der Waals surface area contributed by atoms with Crippen LogP contribution in [0, 0.1) is 11.3 Å². The minimum atomic E-state index is -4.10. The largest absolute Gasteiger partial charge is 0.454 e. The Morgan fingerprint density at radius 3 is 2.78 bits per heavy atom. The van der Waals surface area contributed by atoms with Crippen LogP contribution >= 0.6 is 23.5 Å². The zero-order valence-electron chi connectivity index (χ0n) is 17.4. The summed E-state index contributed by atoms with van der Waals surface area (Å²) in [5, 5.41) is 12.0. The van der Waals surface area contributed by atoms with Crippen molar-refractivity contribution in [2.24, 2.45) is 0 Å². The Hall–Kier alpha value is -2.27. The van der Waals surface area contributed by atoms with Crippen LogP contribution in [0.25, 0.3) is 11.0 Å². The van der Waals surface area contributed by atoms with E-state index in [2.05, 4.69) is 24.9 Å². The van der Waals surface area contributed by atoms with Crippen molar-refractivity contribution < 1.29 is 22.7 Å². The Labute approximate surface area is 194 Å². The first kappa shape index (κ1) is 24.4. The number of thioether (sulfide) groups is 1. The van der Waals surface area contributed by atoms with Gasteiger partial charge in [-0.2, -0.15) is 30.5 Å². The molecule has 1 amide bonds. The fourth-order valence-electron chi connectivity index (χ4n) is 3.49. The molecular formula is C19H23N5O5S3.